The lowest BCUT2D eigenvalue weighted by atomic mass is 10.2. The molecule has 66 valence electrons. The maximum absolute atomic E-state index is 5.63. The van der Waals surface area contributed by atoms with E-state index in [1.807, 2.05) is 18.2 Å². The smallest absolute Gasteiger partial charge is 0.181 e. The van der Waals surface area contributed by atoms with Gasteiger partial charge in [-0.3, -0.25) is 0 Å². The van der Waals surface area contributed by atoms with Gasteiger partial charge in [0, 0.05) is 14.8 Å². The van der Waals surface area contributed by atoms with Gasteiger partial charge in [0.1, 0.15) is 0 Å². The van der Waals surface area contributed by atoms with Crippen molar-refractivity contribution in [3.8, 4) is 11.3 Å². The molecule has 0 saturated heterocycles. The molecule has 0 aliphatic carbocycles. The highest BCUT2D eigenvalue weighted by molar-refractivity contribution is 14.1. The van der Waals surface area contributed by atoms with Crippen molar-refractivity contribution in [1.29, 1.82) is 0 Å². The zero-order valence-corrected chi connectivity index (χ0v) is 8.86. The maximum atomic E-state index is 5.63. The molecule has 0 fully saturated rings. The Kier molecular flexibility index (Phi) is 2.22. The molecule has 0 spiro atoms. The first-order valence-electron chi connectivity index (χ1n) is 3.71. The van der Waals surface area contributed by atoms with Gasteiger partial charge in [-0.25, -0.2) is 4.98 Å². The molecule has 0 radical (unpaired) electrons. The lowest BCUT2D eigenvalue weighted by Crippen LogP contribution is -1.87. The number of anilines is 1. The Morgan fingerprint density at radius 2 is 2.23 bits per heavy atom. The molecule has 1 heterocycles. The first-order chi connectivity index (χ1) is 6.27. The predicted molar refractivity (Wildman–Crippen MR) is 59.1 cm³/mol. The van der Waals surface area contributed by atoms with E-state index < -0.39 is 0 Å². The van der Waals surface area contributed by atoms with Crippen molar-refractivity contribution in [2.45, 2.75) is 0 Å². The molecule has 13 heavy (non-hydrogen) atoms. The van der Waals surface area contributed by atoms with E-state index in [0.29, 0.717) is 0 Å². The number of hydrogen-bond acceptors (Lipinski definition) is 3. The van der Waals surface area contributed by atoms with Crippen LogP contribution in [-0.2, 0) is 0 Å². The number of rotatable bonds is 1. The predicted octanol–water partition coefficient (Wildman–Crippen LogP) is 2.53. The van der Waals surface area contributed by atoms with Crippen LogP contribution in [0, 0.1) is 3.57 Å². The SMILES string of the molecule is Nc1ccc(-c2cnco2)c(I)c1. The van der Waals surface area contributed by atoms with Crippen molar-refractivity contribution in [2.75, 3.05) is 5.73 Å². The van der Waals surface area contributed by atoms with Crippen LogP contribution in [0.4, 0.5) is 5.69 Å². The van der Waals surface area contributed by atoms with Crippen molar-refractivity contribution >= 4 is 28.3 Å². The fourth-order valence-electron chi connectivity index (χ4n) is 1.08. The highest BCUT2D eigenvalue weighted by Gasteiger charge is 2.05. The summed E-state index contributed by atoms with van der Waals surface area (Å²) in [6, 6.07) is 5.68. The average molecular weight is 286 g/mol. The summed E-state index contributed by atoms with van der Waals surface area (Å²) in [4.78, 5) is 3.86. The van der Waals surface area contributed by atoms with E-state index in [1.54, 1.807) is 6.20 Å². The van der Waals surface area contributed by atoms with Crippen molar-refractivity contribution in [3.05, 3.63) is 34.4 Å². The van der Waals surface area contributed by atoms with Crippen LogP contribution < -0.4 is 5.73 Å². The van der Waals surface area contributed by atoms with E-state index in [0.717, 1.165) is 20.6 Å². The first kappa shape index (κ1) is 8.55. The topological polar surface area (TPSA) is 52.0 Å². The lowest BCUT2D eigenvalue weighted by Gasteiger charge is -2.00. The molecule has 0 bridgehead atoms. The molecule has 2 rings (SSSR count). The molecule has 0 amide bonds. The van der Waals surface area contributed by atoms with Gasteiger partial charge in [0.05, 0.1) is 6.20 Å². The van der Waals surface area contributed by atoms with Crippen LogP contribution >= 0.6 is 22.6 Å². The van der Waals surface area contributed by atoms with Gasteiger partial charge >= 0.3 is 0 Å². The third-order valence-electron chi connectivity index (χ3n) is 1.69. The number of halogens is 1. The Morgan fingerprint density at radius 1 is 1.38 bits per heavy atom. The van der Waals surface area contributed by atoms with E-state index in [2.05, 4.69) is 27.6 Å². The van der Waals surface area contributed by atoms with Crippen molar-refractivity contribution in [2.24, 2.45) is 0 Å². The Labute approximate surface area is 89.1 Å². The zero-order chi connectivity index (χ0) is 9.26. The molecular weight excluding hydrogens is 279 g/mol. The van der Waals surface area contributed by atoms with Crippen LogP contribution in [0.2, 0.25) is 0 Å². The summed E-state index contributed by atoms with van der Waals surface area (Å²) in [6.45, 7) is 0. The van der Waals surface area contributed by atoms with Gasteiger partial charge in [0.15, 0.2) is 12.2 Å². The Hall–Kier alpha value is -1.04. The van der Waals surface area contributed by atoms with E-state index in [9.17, 15) is 0 Å². The van der Waals surface area contributed by atoms with Crippen LogP contribution in [0.15, 0.2) is 35.2 Å². The minimum absolute atomic E-state index is 0.757. The van der Waals surface area contributed by atoms with Crippen molar-refractivity contribution < 1.29 is 4.42 Å². The van der Waals surface area contributed by atoms with Gasteiger partial charge in [-0.1, -0.05) is 0 Å². The summed E-state index contributed by atoms with van der Waals surface area (Å²) in [5.74, 6) is 0.768. The number of nitrogens with zero attached hydrogens (tertiary/aromatic N) is 1. The molecule has 2 aromatic rings. The standard InChI is InChI=1S/C9H7IN2O/c10-8-3-6(11)1-2-7(8)9-4-12-5-13-9/h1-5H,11H2. The highest BCUT2D eigenvalue weighted by Crippen LogP contribution is 2.26. The third-order valence-corrected chi connectivity index (χ3v) is 2.58. The summed E-state index contributed by atoms with van der Waals surface area (Å²) in [6.07, 6.45) is 3.11. The average Bonchev–Trinajstić information content (AvgIpc) is 2.56. The molecule has 0 saturated carbocycles. The van der Waals surface area contributed by atoms with E-state index in [1.165, 1.54) is 6.39 Å². The fraction of sp³-hybridized carbons (Fsp3) is 0. The summed E-state index contributed by atoms with van der Waals surface area (Å²) in [5.41, 5.74) is 7.41. The molecule has 1 aromatic heterocycles. The normalized spacial score (nSPS) is 10.2. The van der Waals surface area contributed by atoms with Crippen LogP contribution in [0.25, 0.3) is 11.3 Å². The van der Waals surface area contributed by atoms with Crippen LogP contribution in [0.5, 0.6) is 0 Å². The van der Waals surface area contributed by atoms with Crippen LogP contribution in [0.3, 0.4) is 0 Å². The maximum Gasteiger partial charge on any atom is 0.181 e. The molecule has 0 aliphatic heterocycles. The molecule has 0 aliphatic rings. The molecule has 0 atom stereocenters. The number of oxazole rings is 1. The zero-order valence-electron chi connectivity index (χ0n) is 6.70. The van der Waals surface area contributed by atoms with Crippen molar-refractivity contribution in [1.82, 2.24) is 4.98 Å². The van der Waals surface area contributed by atoms with Gasteiger partial charge in [-0.2, -0.15) is 0 Å². The van der Waals surface area contributed by atoms with E-state index in [-0.39, 0.29) is 0 Å². The molecule has 0 unspecified atom stereocenters. The second kappa shape index (κ2) is 3.37. The number of nitrogen functional groups attached to an aromatic ring is 1. The fourth-order valence-corrected chi connectivity index (χ4v) is 1.89. The second-order valence-electron chi connectivity index (χ2n) is 2.60. The largest absolute Gasteiger partial charge is 0.443 e. The van der Waals surface area contributed by atoms with E-state index in [4.69, 9.17) is 10.2 Å². The molecular formula is C9H7IN2O. The quantitative estimate of drug-likeness (QED) is 0.647. The Bertz CT molecular complexity index is 412. The highest BCUT2D eigenvalue weighted by atomic mass is 127. The van der Waals surface area contributed by atoms with Gasteiger partial charge in [0.25, 0.3) is 0 Å². The number of benzene rings is 1. The number of aromatic nitrogens is 1. The van der Waals surface area contributed by atoms with E-state index >= 15 is 0 Å². The first-order valence-corrected chi connectivity index (χ1v) is 4.79. The second-order valence-corrected chi connectivity index (χ2v) is 3.77. The summed E-state index contributed by atoms with van der Waals surface area (Å²) in [7, 11) is 0. The number of hydrogen-bond donors (Lipinski definition) is 1. The Balaban J connectivity index is 2.53. The monoisotopic (exact) mass is 286 g/mol. The lowest BCUT2D eigenvalue weighted by molar-refractivity contribution is 0.571. The minimum Gasteiger partial charge on any atom is -0.443 e. The van der Waals surface area contributed by atoms with Gasteiger partial charge in [0.2, 0.25) is 0 Å². The summed E-state index contributed by atoms with van der Waals surface area (Å²) in [5, 5.41) is 0. The molecule has 1 aromatic carbocycles. The van der Waals surface area contributed by atoms with Crippen LogP contribution in [-0.4, -0.2) is 4.98 Å². The van der Waals surface area contributed by atoms with Crippen molar-refractivity contribution in [3.63, 3.8) is 0 Å². The van der Waals surface area contributed by atoms with Gasteiger partial charge < -0.3 is 10.2 Å². The molecule has 2 N–H and O–H groups in total. The molecule has 4 heteroatoms. The summed E-state index contributed by atoms with van der Waals surface area (Å²) < 4.78 is 6.25. The summed E-state index contributed by atoms with van der Waals surface area (Å²) >= 11 is 2.22. The Morgan fingerprint density at radius 3 is 2.85 bits per heavy atom. The van der Waals surface area contributed by atoms with Gasteiger partial charge in [-0.05, 0) is 40.8 Å². The number of nitrogens with two attached hydrogens (primary N) is 1. The molecule has 3 nitrogen and oxygen atoms in total. The minimum atomic E-state index is 0.757. The third kappa shape index (κ3) is 1.67. The van der Waals surface area contributed by atoms with Crippen LogP contribution in [0.1, 0.15) is 0 Å². The van der Waals surface area contributed by atoms with Gasteiger partial charge in [-0.15, -0.1) is 0 Å².